The van der Waals surface area contributed by atoms with Crippen LogP contribution in [-0.4, -0.2) is 42.1 Å². The molecule has 0 aliphatic carbocycles. The maximum atomic E-state index is 13.0. The highest BCUT2D eigenvalue weighted by molar-refractivity contribution is 8.27. The predicted molar refractivity (Wildman–Crippen MR) is 115 cm³/mol. The molecule has 1 N–H and O–H groups in total. The third-order valence-corrected chi connectivity index (χ3v) is 5.26. The summed E-state index contributed by atoms with van der Waals surface area (Å²) in [7, 11) is 3.06. The minimum absolute atomic E-state index is 0.255. The van der Waals surface area contributed by atoms with E-state index in [-0.39, 0.29) is 5.91 Å². The Bertz CT molecular complexity index is 987. The number of thiocarbonyl (C=S) groups is 1. The summed E-state index contributed by atoms with van der Waals surface area (Å²) >= 11 is 6.60. The second kappa shape index (κ2) is 8.97. The van der Waals surface area contributed by atoms with Crippen LogP contribution in [0.15, 0.2) is 47.4 Å². The van der Waals surface area contributed by atoms with E-state index in [1.165, 1.54) is 23.8 Å². The van der Waals surface area contributed by atoms with E-state index in [9.17, 15) is 9.59 Å². The fourth-order valence-electron chi connectivity index (χ4n) is 2.60. The van der Waals surface area contributed by atoms with Gasteiger partial charge in [0.2, 0.25) is 0 Å². The lowest BCUT2D eigenvalue weighted by molar-refractivity contribution is -0.139. The number of ether oxygens (including phenoxy) is 3. The number of benzene rings is 2. The molecule has 7 nitrogen and oxygen atoms in total. The topological polar surface area (TPSA) is 85.3 Å². The van der Waals surface area contributed by atoms with E-state index >= 15 is 0 Å². The van der Waals surface area contributed by atoms with E-state index in [1.54, 1.807) is 55.7 Å². The Morgan fingerprint density at radius 1 is 1.14 bits per heavy atom. The number of amides is 1. The van der Waals surface area contributed by atoms with Gasteiger partial charge in [0.15, 0.2) is 10.9 Å². The molecule has 3 rings (SSSR count). The standard InChI is InChI=1S/C20H17NO6S2/c1-25-14-7-8-15(16(10-14)26-2)21-19(24)17(29-20(21)28)9-12-3-5-13(6-4-12)27-11-18(22)23/h3-10H,11H2,1-2H3,(H,22,23)/b17-9+. The van der Waals surface area contributed by atoms with Crippen molar-refractivity contribution in [3.63, 3.8) is 0 Å². The quantitative estimate of drug-likeness (QED) is 0.526. The predicted octanol–water partition coefficient (Wildman–Crippen LogP) is 3.57. The molecule has 2 aromatic rings. The van der Waals surface area contributed by atoms with E-state index < -0.39 is 12.6 Å². The maximum absolute atomic E-state index is 13.0. The summed E-state index contributed by atoms with van der Waals surface area (Å²) in [4.78, 5) is 25.4. The number of carboxylic acid groups (broad SMARTS) is 1. The van der Waals surface area contributed by atoms with Gasteiger partial charge in [-0.25, -0.2) is 4.79 Å². The highest BCUT2D eigenvalue weighted by Gasteiger charge is 2.35. The SMILES string of the molecule is COc1ccc(N2C(=O)/C(=C\c3ccc(OCC(=O)O)cc3)SC2=S)c(OC)c1. The third kappa shape index (κ3) is 4.69. The van der Waals surface area contributed by atoms with Gasteiger partial charge in [-0.05, 0) is 35.9 Å². The molecule has 29 heavy (non-hydrogen) atoms. The molecule has 0 aromatic heterocycles. The van der Waals surface area contributed by atoms with E-state index in [0.717, 1.165) is 5.56 Å². The van der Waals surface area contributed by atoms with Crippen molar-refractivity contribution in [2.75, 3.05) is 25.7 Å². The molecule has 9 heteroatoms. The summed E-state index contributed by atoms with van der Waals surface area (Å²) in [6.45, 7) is -0.415. The summed E-state index contributed by atoms with van der Waals surface area (Å²) in [5.41, 5.74) is 1.30. The number of hydrogen-bond donors (Lipinski definition) is 1. The average Bonchev–Trinajstić information content (AvgIpc) is 2.99. The number of carbonyl (C=O) groups excluding carboxylic acids is 1. The monoisotopic (exact) mass is 431 g/mol. The molecular formula is C20H17NO6S2. The van der Waals surface area contributed by atoms with Crippen LogP contribution in [0.5, 0.6) is 17.2 Å². The molecule has 1 fully saturated rings. The molecule has 1 saturated heterocycles. The lowest BCUT2D eigenvalue weighted by Gasteiger charge is -2.18. The Balaban J connectivity index is 1.82. The molecule has 1 aliphatic heterocycles. The van der Waals surface area contributed by atoms with Crippen LogP contribution in [0.4, 0.5) is 5.69 Å². The van der Waals surface area contributed by atoms with Crippen LogP contribution in [0.25, 0.3) is 6.08 Å². The van der Waals surface area contributed by atoms with Crippen LogP contribution in [0.3, 0.4) is 0 Å². The molecule has 0 unspecified atom stereocenters. The van der Waals surface area contributed by atoms with Gasteiger partial charge in [0.25, 0.3) is 5.91 Å². The van der Waals surface area contributed by atoms with Gasteiger partial charge in [-0.1, -0.05) is 36.1 Å². The zero-order valence-electron chi connectivity index (χ0n) is 15.6. The maximum Gasteiger partial charge on any atom is 0.341 e. The molecule has 0 saturated carbocycles. The van der Waals surface area contributed by atoms with Gasteiger partial charge in [-0.15, -0.1) is 0 Å². The Hall–Kier alpha value is -3.04. The number of thioether (sulfide) groups is 1. The first-order valence-electron chi connectivity index (χ1n) is 8.37. The molecule has 150 valence electrons. The number of carbonyl (C=O) groups is 2. The zero-order chi connectivity index (χ0) is 21.0. The van der Waals surface area contributed by atoms with Gasteiger partial charge in [0, 0.05) is 6.07 Å². The molecule has 0 spiro atoms. The van der Waals surface area contributed by atoms with Crippen molar-refractivity contribution in [1.82, 2.24) is 0 Å². The average molecular weight is 431 g/mol. The number of aliphatic carboxylic acids is 1. The number of anilines is 1. The Morgan fingerprint density at radius 2 is 1.83 bits per heavy atom. The van der Waals surface area contributed by atoms with Crippen molar-refractivity contribution in [3.05, 3.63) is 52.9 Å². The van der Waals surface area contributed by atoms with Crippen molar-refractivity contribution < 1.29 is 28.9 Å². The molecule has 0 atom stereocenters. The smallest absolute Gasteiger partial charge is 0.341 e. The molecule has 1 heterocycles. The first kappa shape index (κ1) is 20.7. The minimum Gasteiger partial charge on any atom is -0.497 e. The summed E-state index contributed by atoms with van der Waals surface area (Å²) in [6.07, 6.45) is 1.72. The van der Waals surface area contributed by atoms with E-state index in [0.29, 0.717) is 32.2 Å². The van der Waals surface area contributed by atoms with E-state index in [4.69, 9.17) is 31.5 Å². The molecule has 1 aliphatic rings. The van der Waals surface area contributed by atoms with Crippen molar-refractivity contribution in [2.45, 2.75) is 0 Å². The third-order valence-electron chi connectivity index (χ3n) is 3.96. The first-order chi connectivity index (χ1) is 13.9. The van der Waals surface area contributed by atoms with Crippen molar-refractivity contribution in [2.24, 2.45) is 0 Å². The minimum atomic E-state index is -1.05. The molecule has 1 amide bonds. The van der Waals surface area contributed by atoms with Gasteiger partial charge in [-0.3, -0.25) is 9.69 Å². The number of methoxy groups -OCH3 is 2. The Morgan fingerprint density at radius 3 is 2.45 bits per heavy atom. The van der Waals surface area contributed by atoms with Crippen LogP contribution in [0, 0.1) is 0 Å². The lowest BCUT2D eigenvalue weighted by atomic mass is 10.2. The van der Waals surface area contributed by atoms with Gasteiger partial charge in [0.05, 0.1) is 24.8 Å². The van der Waals surface area contributed by atoms with Gasteiger partial charge in [-0.2, -0.15) is 0 Å². The van der Waals surface area contributed by atoms with Crippen LogP contribution in [0.1, 0.15) is 5.56 Å². The second-order valence-corrected chi connectivity index (χ2v) is 7.48. The van der Waals surface area contributed by atoms with Crippen molar-refractivity contribution >= 4 is 51.9 Å². The van der Waals surface area contributed by atoms with E-state index in [2.05, 4.69) is 0 Å². The Kier molecular flexibility index (Phi) is 6.40. The number of nitrogens with zero attached hydrogens (tertiary/aromatic N) is 1. The summed E-state index contributed by atoms with van der Waals surface area (Å²) in [5.74, 6) is 0.208. The number of rotatable bonds is 7. The molecule has 0 bridgehead atoms. The van der Waals surface area contributed by atoms with Crippen LogP contribution in [0.2, 0.25) is 0 Å². The summed E-state index contributed by atoms with van der Waals surface area (Å²) in [6, 6.07) is 11.9. The second-order valence-electron chi connectivity index (χ2n) is 5.81. The Labute approximate surface area is 176 Å². The zero-order valence-corrected chi connectivity index (χ0v) is 17.2. The fourth-order valence-corrected chi connectivity index (χ4v) is 3.89. The largest absolute Gasteiger partial charge is 0.497 e. The summed E-state index contributed by atoms with van der Waals surface area (Å²) < 4.78 is 16.1. The summed E-state index contributed by atoms with van der Waals surface area (Å²) in [5, 5.41) is 8.65. The highest BCUT2D eigenvalue weighted by atomic mass is 32.2. The molecular weight excluding hydrogens is 414 g/mol. The van der Waals surface area contributed by atoms with E-state index in [1.807, 2.05) is 0 Å². The lowest BCUT2D eigenvalue weighted by Crippen LogP contribution is -2.27. The number of carboxylic acids is 1. The highest BCUT2D eigenvalue weighted by Crippen LogP contribution is 2.41. The van der Waals surface area contributed by atoms with Crippen molar-refractivity contribution in [3.8, 4) is 17.2 Å². The molecule has 0 radical (unpaired) electrons. The van der Waals surface area contributed by atoms with Gasteiger partial charge in [0.1, 0.15) is 17.2 Å². The first-order valence-corrected chi connectivity index (χ1v) is 9.60. The fraction of sp³-hybridized carbons (Fsp3) is 0.150. The van der Waals surface area contributed by atoms with Gasteiger partial charge < -0.3 is 19.3 Å². The van der Waals surface area contributed by atoms with Crippen LogP contribution >= 0.6 is 24.0 Å². The normalized spacial score (nSPS) is 15.0. The number of hydrogen-bond acceptors (Lipinski definition) is 7. The van der Waals surface area contributed by atoms with Crippen LogP contribution < -0.4 is 19.1 Å². The van der Waals surface area contributed by atoms with Crippen molar-refractivity contribution in [1.29, 1.82) is 0 Å². The van der Waals surface area contributed by atoms with Crippen LogP contribution in [-0.2, 0) is 9.59 Å². The van der Waals surface area contributed by atoms with Gasteiger partial charge >= 0.3 is 5.97 Å². The molecule has 2 aromatic carbocycles.